The van der Waals surface area contributed by atoms with Crippen molar-refractivity contribution in [2.45, 2.75) is 6.92 Å². The number of rotatable bonds is 6. The Labute approximate surface area is 206 Å². The van der Waals surface area contributed by atoms with E-state index in [0.717, 1.165) is 33.4 Å². The van der Waals surface area contributed by atoms with Crippen LogP contribution in [0.25, 0.3) is 38.8 Å². The molecule has 4 aromatic heterocycles. The van der Waals surface area contributed by atoms with Gasteiger partial charge in [-0.2, -0.15) is 0 Å². The first kappa shape index (κ1) is 23.2. The Morgan fingerprint density at radius 1 is 1.03 bits per heavy atom. The van der Waals surface area contributed by atoms with Crippen molar-refractivity contribution in [1.82, 2.24) is 24.1 Å². The maximum absolute atomic E-state index is 13.4. The molecule has 4 heterocycles. The smallest absolute Gasteiger partial charge is 0.333 e. The lowest BCUT2D eigenvalue weighted by atomic mass is 10.0. The molecule has 0 bridgehead atoms. The number of hydrogen-bond acceptors (Lipinski definition) is 7. The van der Waals surface area contributed by atoms with E-state index < -0.39 is 0 Å². The normalized spacial score (nSPS) is 11.2. The molecule has 0 spiro atoms. The average molecular weight is 484 g/mol. The number of imidazole rings is 1. The molecule has 0 unspecified atom stereocenters. The van der Waals surface area contributed by atoms with Crippen LogP contribution in [0.15, 0.2) is 59.7 Å². The second-order valence-electron chi connectivity index (χ2n) is 8.37. The molecule has 0 aliphatic carbocycles. The summed E-state index contributed by atoms with van der Waals surface area (Å²) in [6.07, 6.45) is 3.52. The Bertz CT molecular complexity index is 1670. The molecule has 5 rings (SSSR count). The van der Waals surface area contributed by atoms with Crippen LogP contribution in [0.4, 0.5) is 11.6 Å². The molecule has 0 saturated heterocycles. The Morgan fingerprint density at radius 2 is 1.81 bits per heavy atom. The number of nitrogens with one attached hydrogen (secondary N) is 2. The van der Waals surface area contributed by atoms with E-state index in [0.29, 0.717) is 22.7 Å². The maximum atomic E-state index is 13.4. The number of fused-ring (bicyclic) bond motifs is 3. The van der Waals surface area contributed by atoms with E-state index in [-0.39, 0.29) is 18.2 Å². The number of aromatic nitrogens is 5. The number of nitrogens with zero attached hydrogens (tertiary/aromatic N) is 5. The van der Waals surface area contributed by atoms with E-state index in [2.05, 4.69) is 25.6 Å². The third kappa shape index (κ3) is 3.97. The number of ether oxygens (including phenoxy) is 1. The minimum Gasteiger partial charge on any atom is -0.375 e. The van der Waals surface area contributed by atoms with Gasteiger partial charge in [0.05, 0.1) is 34.1 Å². The summed E-state index contributed by atoms with van der Waals surface area (Å²) < 4.78 is 8.08. The molecule has 1 aromatic carbocycles. The van der Waals surface area contributed by atoms with Crippen LogP contribution in [0.1, 0.15) is 5.69 Å². The van der Waals surface area contributed by atoms with Crippen molar-refractivity contribution < 1.29 is 9.53 Å². The zero-order chi connectivity index (χ0) is 25.4. The van der Waals surface area contributed by atoms with E-state index in [1.54, 1.807) is 41.4 Å². The molecule has 0 fully saturated rings. The van der Waals surface area contributed by atoms with Gasteiger partial charge in [-0.1, -0.05) is 6.07 Å². The van der Waals surface area contributed by atoms with Crippen LogP contribution >= 0.6 is 0 Å². The fraction of sp³-hybridized carbons (Fsp3) is 0.192. The standard InChI is InChI=1S/C26H25N7O3/c1-15-20(8-10-23(30-15)31-24(34)14-36-4)33-25-18-11-16(17-6-9-22(27-2)29-12-17)5-7-19(18)28-13-21(25)32(3)26(33)35/h5-13H,14H2,1-4H3,(H,27,29)(H,30,31,34). The van der Waals surface area contributed by atoms with Crippen LogP contribution in [0.3, 0.4) is 0 Å². The van der Waals surface area contributed by atoms with E-state index in [1.165, 1.54) is 7.11 Å². The Kier molecular flexibility index (Phi) is 5.95. The summed E-state index contributed by atoms with van der Waals surface area (Å²) in [6.45, 7) is 1.73. The summed E-state index contributed by atoms with van der Waals surface area (Å²) in [7, 11) is 5.00. The van der Waals surface area contributed by atoms with Gasteiger partial charge in [0, 0.05) is 38.4 Å². The van der Waals surface area contributed by atoms with Crippen molar-refractivity contribution in [1.29, 1.82) is 0 Å². The van der Waals surface area contributed by atoms with Gasteiger partial charge in [0.1, 0.15) is 18.2 Å². The molecule has 182 valence electrons. The largest absolute Gasteiger partial charge is 0.375 e. The van der Waals surface area contributed by atoms with Gasteiger partial charge in [0.15, 0.2) is 0 Å². The summed E-state index contributed by atoms with van der Waals surface area (Å²) in [5.41, 5.74) is 5.10. The summed E-state index contributed by atoms with van der Waals surface area (Å²) in [5, 5.41) is 6.55. The van der Waals surface area contributed by atoms with Gasteiger partial charge in [-0.3, -0.25) is 18.9 Å². The number of anilines is 2. The first-order valence-corrected chi connectivity index (χ1v) is 11.3. The summed E-state index contributed by atoms with van der Waals surface area (Å²) in [6, 6.07) is 13.3. The minimum atomic E-state index is -0.304. The van der Waals surface area contributed by atoms with Crippen LogP contribution in [0.5, 0.6) is 0 Å². The molecule has 0 aliphatic heterocycles. The predicted octanol–water partition coefficient (Wildman–Crippen LogP) is 3.27. The molecular weight excluding hydrogens is 458 g/mol. The molecule has 0 saturated carbocycles. The second kappa shape index (κ2) is 9.23. The number of carbonyl (C=O) groups is 1. The summed E-state index contributed by atoms with van der Waals surface area (Å²) in [4.78, 5) is 38.8. The van der Waals surface area contributed by atoms with Gasteiger partial charge < -0.3 is 15.4 Å². The predicted molar refractivity (Wildman–Crippen MR) is 140 cm³/mol. The quantitative estimate of drug-likeness (QED) is 0.381. The molecule has 0 radical (unpaired) electrons. The van der Waals surface area contributed by atoms with Crippen LogP contribution in [0.2, 0.25) is 0 Å². The van der Waals surface area contributed by atoms with Crippen molar-refractivity contribution in [2.24, 2.45) is 7.05 Å². The lowest BCUT2D eigenvalue weighted by Gasteiger charge is -2.11. The van der Waals surface area contributed by atoms with Crippen LogP contribution in [0, 0.1) is 6.92 Å². The molecule has 10 nitrogen and oxygen atoms in total. The lowest BCUT2D eigenvalue weighted by molar-refractivity contribution is -0.119. The number of aryl methyl sites for hydroxylation is 2. The van der Waals surface area contributed by atoms with Gasteiger partial charge in [-0.05, 0) is 48.9 Å². The van der Waals surface area contributed by atoms with Crippen LogP contribution in [-0.4, -0.2) is 50.8 Å². The van der Waals surface area contributed by atoms with Gasteiger partial charge in [0.25, 0.3) is 5.91 Å². The molecule has 5 aromatic rings. The highest BCUT2D eigenvalue weighted by atomic mass is 16.5. The monoisotopic (exact) mass is 483 g/mol. The molecule has 36 heavy (non-hydrogen) atoms. The number of methoxy groups -OCH3 is 1. The van der Waals surface area contributed by atoms with E-state index in [4.69, 9.17) is 4.74 Å². The Morgan fingerprint density at radius 3 is 2.50 bits per heavy atom. The number of benzene rings is 1. The second-order valence-corrected chi connectivity index (χ2v) is 8.37. The highest BCUT2D eigenvalue weighted by Gasteiger charge is 2.19. The SMILES string of the molecule is CNc1ccc(-c2ccc3ncc4c(c3c2)n(-c2ccc(NC(=O)COC)nc2C)c(=O)n4C)cn1. The van der Waals surface area contributed by atoms with Gasteiger partial charge in [-0.15, -0.1) is 0 Å². The third-order valence-electron chi connectivity index (χ3n) is 6.08. The van der Waals surface area contributed by atoms with Crippen molar-refractivity contribution in [3.8, 4) is 16.8 Å². The third-order valence-corrected chi connectivity index (χ3v) is 6.08. The highest BCUT2D eigenvalue weighted by molar-refractivity contribution is 6.04. The average Bonchev–Trinajstić information content (AvgIpc) is 3.14. The van der Waals surface area contributed by atoms with E-state index >= 15 is 0 Å². The Hall–Kier alpha value is -4.57. The number of amides is 1. The lowest BCUT2D eigenvalue weighted by Crippen LogP contribution is -2.22. The molecular formula is C26H25N7O3. The summed E-state index contributed by atoms with van der Waals surface area (Å²) in [5.74, 6) is 0.865. The Balaban J connectivity index is 1.70. The number of pyridine rings is 3. The minimum absolute atomic E-state index is 0.0697. The topological polar surface area (TPSA) is 116 Å². The van der Waals surface area contributed by atoms with Gasteiger partial charge in [0.2, 0.25) is 0 Å². The fourth-order valence-corrected chi connectivity index (χ4v) is 4.28. The molecule has 1 amide bonds. The van der Waals surface area contributed by atoms with Crippen molar-refractivity contribution in [3.63, 3.8) is 0 Å². The van der Waals surface area contributed by atoms with Crippen molar-refractivity contribution in [2.75, 3.05) is 31.4 Å². The van der Waals surface area contributed by atoms with E-state index in [9.17, 15) is 9.59 Å². The first-order chi connectivity index (χ1) is 17.4. The zero-order valence-electron chi connectivity index (χ0n) is 20.4. The molecule has 0 aliphatic rings. The fourth-order valence-electron chi connectivity index (χ4n) is 4.28. The number of carbonyl (C=O) groups excluding carboxylic acids is 1. The van der Waals surface area contributed by atoms with Gasteiger partial charge in [-0.25, -0.2) is 14.8 Å². The molecule has 10 heteroatoms. The zero-order valence-corrected chi connectivity index (χ0v) is 20.4. The first-order valence-electron chi connectivity index (χ1n) is 11.3. The molecule has 2 N–H and O–H groups in total. The summed E-state index contributed by atoms with van der Waals surface area (Å²) >= 11 is 0. The van der Waals surface area contributed by atoms with Crippen molar-refractivity contribution >= 4 is 39.5 Å². The van der Waals surface area contributed by atoms with Crippen LogP contribution < -0.4 is 16.3 Å². The number of hydrogen-bond donors (Lipinski definition) is 2. The maximum Gasteiger partial charge on any atom is 0.333 e. The molecule has 0 atom stereocenters. The van der Waals surface area contributed by atoms with Crippen molar-refractivity contribution in [3.05, 3.63) is 71.0 Å². The van der Waals surface area contributed by atoms with Crippen LogP contribution in [-0.2, 0) is 16.6 Å². The van der Waals surface area contributed by atoms with Gasteiger partial charge >= 0.3 is 5.69 Å². The highest BCUT2D eigenvalue weighted by Crippen LogP contribution is 2.30. The van der Waals surface area contributed by atoms with E-state index in [1.807, 2.05) is 43.6 Å².